The van der Waals surface area contributed by atoms with Crippen LogP contribution < -0.4 is 9.47 Å². The van der Waals surface area contributed by atoms with E-state index in [0.29, 0.717) is 26.3 Å². The summed E-state index contributed by atoms with van der Waals surface area (Å²) in [5.41, 5.74) is 0.752. The van der Waals surface area contributed by atoms with Crippen LogP contribution in [0.2, 0.25) is 0 Å². The van der Waals surface area contributed by atoms with E-state index >= 15 is 0 Å². The van der Waals surface area contributed by atoms with Crippen LogP contribution in [0, 0.1) is 0 Å². The molecule has 0 saturated carbocycles. The van der Waals surface area contributed by atoms with Crippen molar-refractivity contribution in [2.24, 2.45) is 0 Å². The Balaban J connectivity index is 1.58. The predicted octanol–water partition coefficient (Wildman–Crippen LogP) is 3.07. The fourth-order valence-electron chi connectivity index (χ4n) is 3.15. The summed E-state index contributed by atoms with van der Waals surface area (Å²) in [5, 5.41) is 0. The van der Waals surface area contributed by atoms with Crippen molar-refractivity contribution >= 4 is 6.09 Å². The molecule has 0 bridgehead atoms. The van der Waals surface area contributed by atoms with E-state index in [2.05, 4.69) is 24.0 Å². The van der Waals surface area contributed by atoms with Gasteiger partial charge in [0, 0.05) is 32.2 Å². The van der Waals surface area contributed by atoms with Gasteiger partial charge in [-0.05, 0) is 45.4 Å². The van der Waals surface area contributed by atoms with Crippen LogP contribution in [0.4, 0.5) is 4.79 Å². The Morgan fingerprint density at radius 3 is 2.36 bits per heavy atom. The SMILES string of the molecule is CC(c1ccc2c(c1)OCCO2)N1CCN(C(=O)OC(C)(C)C)CC1. The zero-order valence-corrected chi connectivity index (χ0v) is 15.6. The second-order valence-corrected chi connectivity index (χ2v) is 7.58. The molecule has 0 aromatic heterocycles. The van der Waals surface area contributed by atoms with Crippen molar-refractivity contribution in [3.05, 3.63) is 23.8 Å². The summed E-state index contributed by atoms with van der Waals surface area (Å²) in [4.78, 5) is 16.3. The third kappa shape index (κ3) is 4.37. The molecule has 1 fully saturated rings. The minimum Gasteiger partial charge on any atom is -0.486 e. The summed E-state index contributed by atoms with van der Waals surface area (Å²) in [5.74, 6) is 1.64. The Morgan fingerprint density at radius 2 is 1.72 bits per heavy atom. The lowest BCUT2D eigenvalue weighted by molar-refractivity contribution is 0.0110. The number of carbonyl (C=O) groups excluding carboxylic acids is 1. The molecule has 1 unspecified atom stereocenters. The fraction of sp³-hybridized carbons (Fsp3) is 0.632. The number of hydrogen-bond acceptors (Lipinski definition) is 5. The number of piperazine rings is 1. The number of fused-ring (bicyclic) bond motifs is 1. The normalized spacial score (nSPS) is 19.4. The molecular formula is C19H28N2O4. The topological polar surface area (TPSA) is 51.2 Å². The molecule has 1 aromatic carbocycles. The Bertz CT molecular complexity index is 618. The van der Waals surface area contributed by atoms with Crippen molar-refractivity contribution in [3.63, 3.8) is 0 Å². The van der Waals surface area contributed by atoms with Gasteiger partial charge in [-0.15, -0.1) is 0 Å². The lowest BCUT2D eigenvalue weighted by Crippen LogP contribution is -2.50. The van der Waals surface area contributed by atoms with Crippen molar-refractivity contribution in [2.75, 3.05) is 39.4 Å². The van der Waals surface area contributed by atoms with Crippen LogP contribution in [0.15, 0.2) is 18.2 Å². The molecule has 2 aliphatic rings. The molecule has 6 nitrogen and oxygen atoms in total. The molecule has 138 valence electrons. The number of rotatable bonds is 2. The Morgan fingerprint density at radius 1 is 1.08 bits per heavy atom. The van der Waals surface area contributed by atoms with Crippen LogP contribution in [0.1, 0.15) is 39.3 Å². The van der Waals surface area contributed by atoms with Gasteiger partial charge in [-0.25, -0.2) is 4.79 Å². The first kappa shape index (κ1) is 17.9. The number of benzene rings is 1. The number of nitrogens with zero attached hydrogens (tertiary/aromatic N) is 2. The van der Waals surface area contributed by atoms with Crippen LogP contribution in [0.5, 0.6) is 11.5 Å². The van der Waals surface area contributed by atoms with Crippen molar-refractivity contribution in [1.82, 2.24) is 9.80 Å². The first-order chi connectivity index (χ1) is 11.8. The van der Waals surface area contributed by atoms with Crippen molar-refractivity contribution < 1.29 is 19.0 Å². The van der Waals surface area contributed by atoms with Crippen LogP contribution in [0.3, 0.4) is 0 Å². The third-order valence-corrected chi connectivity index (χ3v) is 4.56. The molecule has 3 rings (SSSR count). The first-order valence-electron chi connectivity index (χ1n) is 8.95. The largest absolute Gasteiger partial charge is 0.486 e. The third-order valence-electron chi connectivity index (χ3n) is 4.56. The highest BCUT2D eigenvalue weighted by molar-refractivity contribution is 5.68. The highest BCUT2D eigenvalue weighted by atomic mass is 16.6. The number of ether oxygens (including phenoxy) is 3. The average Bonchev–Trinajstić information content (AvgIpc) is 2.59. The number of amides is 1. The maximum Gasteiger partial charge on any atom is 0.410 e. The van der Waals surface area contributed by atoms with Gasteiger partial charge in [-0.2, -0.15) is 0 Å². The van der Waals surface area contributed by atoms with Gasteiger partial charge >= 0.3 is 6.09 Å². The lowest BCUT2D eigenvalue weighted by Gasteiger charge is -2.38. The van der Waals surface area contributed by atoms with Gasteiger partial charge < -0.3 is 19.1 Å². The molecule has 1 atom stereocenters. The fourth-order valence-corrected chi connectivity index (χ4v) is 3.15. The maximum absolute atomic E-state index is 12.2. The molecule has 1 saturated heterocycles. The van der Waals surface area contributed by atoms with Gasteiger partial charge in [0.25, 0.3) is 0 Å². The molecule has 1 amide bonds. The predicted molar refractivity (Wildman–Crippen MR) is 95.2 cm³/mol. The Labute approximate surface area is 149 Å². The van der Waals surface area contributed by atoms with Gasteiger partial charge in [0.05, 0.1) is 0 Å². The molecular weight excluding hydrogens is 320 g/mol. The molecule has 0 N–H and O–H groups in total. The van der Waals surface area contributed by atoms with Gasteiger partial charge in [-0.3, -0.25) is 4.90 Å². The van der Waals surface area contributed by atoms with Crippen molar-refractivity contribution in [2.45, 2.75) is 39.3 Å². The van der Waals surface area contributed by atoms with E-state index in [1.807, 2.05) is 26.8 Å². The molecule has 2 aliphatic heterocycles. The molecule has 6 heteroatoms. The number of hydrogen-bond donors (Lipinski definition) is 0. The molecule has 1 aromatic rings. The molecule has 2 heterocycles. The van der Waals surface area contributed by atoms with Crippen molar-refractivity contribution in [1.29, 1.82) is 0 Å². The quantitative estimate of drug-likeness (QED) is 0.822. The summed E-state index contributed by atoms with van der Waals surface area (Å²) in [6.07, 6.45) is -0.223. The lowest BCUT2D eigenvalue weighted by atomic mass is 10.1. The summed E-state index contributed by atoms with van der Waals surface area (Å²) in [7, 11) is 0. The molecule has 0 aliphatic carbocycles. The minimum atomic E-state index is -0.452. The summed E-state index contributed by atoms with van der Waals surface area (Å²) < 4.78 is 16.7. The Kier molecular flexibility index (Phi) is 5.08. The van der Waals surface area contributed by atoms with Crippen LogP contribution in [-0.4, -0.2) is 60.9 Å². The van der Waals surface area contributed by atoms with Crippen molar-refractivity contribution in [3.8, 4) is 11.5 Å². The highest BCUT2D eigenvalue weighted by Gasteiger charge is 2.28. The van der Waals surface area contributed by atoms with E-state index in [9.17, 15) is 4.79 Å². The van der Waals surface area contributed by atoms with Gasteiger partial charge in [0.2, 0.25) is 0 Å². The van der Waals surface area contributed by atoms with Crippen LogP contribution >= 0.6 is 0 Å². The van der Waals surface area contributed by atoms with Gasteiger partial charge in [0.1, 0.15) is 18.8 Å². The molecule has 25 heavy (non-hydrogen) atoms. The zero-order chi connectivity index (χ0) is 18.0. The van der Waals surface area contributed by atoms with E-state index in [1.165, 1.54) is 5.56 Å². The average molecular weight is 348 g/mol. The summed E-state index contributed by atoms with van der Waals surface area (Å²) in [6, 6.07) is 6.41. The number of carbonyl (C=O) groups is 1. The van der Waals surface area contributed by atoms with E-state index in [0.717, 1.165) is 24.6 Å². The van der Waals surface area contributed by atoms with Crippen LogP contribution in [-0.2, 0) is 4.74 Å². The smallest absolute Gasteiger partial charge is 0.410 e. The Hall–Kier alpha value is -1.95. The summed E-state index contributed by atoms with van der Waals surface area (Å²) >= 11 is 0. The first-order valence-corrected chi connectivity index (χ1v) is 8.95. The van der Waals surface area contributed by atoms with E-state index < -0.39 is 5.60 Å². The minimum absolute atomic E-state index is 0.223. The highest BCUT2D eigenvalue weighted by Crippen LogP contribution is 2.34. The standard InChI is InChI=1S/C19H28N2O4/c1-14(15-5-6-16-17(13-15)24-12-11-23-16)20-7-9-21(10-8-20)18(22)25-19(2,3)4/h5-6,13-14H,7-12H2,1-4H3. The zero-order valence-electron chi connectivity index (χ0n) is 15.6. The van der Waals surface area contributed by atoms with Crippen LogP contribution in [0.25, 0.3) is 0 Å². The monoisotopic (exact) mass is 348 g/mol. The second-order valence-electron chi connectivity index (χ2n) is 7.58. The second kappa shape index (κ2) is 7.12. The van der Waals surface area contributed by atoms with Gasteiger partial charge in [0.15, 0.2) is 11.5 Å². The summed E-state index contributed by atoms with van der Waals surface area (Å²) in [6.45, 7) is 12.1. The van der Waals surface area contributed by atoms with E-state index in [1.54, 1.807) is 4.90 Å². The molecule has 0 spiro atoms. The molecule has 0 radical (unpaired) electrons. The van der Waals surface area contributed by atoms with Gasteiger partial charge in [-0.1, -0.05) is 6.07 Å². The van der Waals surface area contributed by atoms with E-state index in [4.69, 9.17) is 14.2 Å². The maximum atomic E-state index is 12.2. The van der Waals surface area contributed by atoms with E-state index in [-0.39, 0.29) is 12.1 Å².